The van der Waals surface area contributed by atoms with Crippen LogP contribution in [0.2, 0.25) is 0 Å². The van der Waals surface area contributed by atoms with E-state index in [0.29, 0.717) is 10.6 Å². The summed E-state index contributed by atoms with van der Waals surface area (Å²) in [5, 5.41) is 3.81. The summed E-state index contributed by atoms with van der Waals surface area (Å²) in [5.74, 6) is -0.744. The molecule has 1 aromatic rings. The molecule has 0 aromatic heterocycles. The lowest BCUT2D eigenvalue weighted by Crippen LogP contribution is -2.44. The van der Waals surface area contributed by atoms with Crippen LogP contribution in [0, 0.1) is 0 Å². The Balaban J connectivity index is 2.03. The molecule has 0 spiro atoms. The lowest BCUT2D eigenvalue weighted by Gasteiger charge is -2.24. The van der Waals surface area contributed by atoms with Crippen molar-refractivity contribution in [2.75, 3.05) is 13.1 Å². The molecule has 2 rings (SSSR count). The Kier molecular flexibility index (Phi) is 4.85. The fraction of sp³-hybridized carbons (Fsp3) is 0.333. The maximum Gasteiger partial charge on any atom is 0.406 e. The number of benzene rings is 1. The van der Waals surface area contributed by atoms with Crippen LogP contribution >= 0.6 is 0 Å². The fourth-order valence-corrected chi connectivity index (χ4v) is 2.12. The van der Waals surface area contributed by atoms with Crippen molar-refractivity contribution in [3.63, 3.8) is 0 Å². The SMILES string of the molecule is C=CCN(CC(F)(F)F)C(=O)C1CC(c2ccccc2)=NO1. The first kappa shape index (κ1) is 16.1. The Hall–Kier alpha value is -2.31. The molecule has 0 N–H and O–H groups in total. The first-order valence-electron chi connectivity index (χ1n) is 6.65. The maximum atomic E-state index is 12.5. The average molecular weight is 312 g/mol. The van der Waals surface area contributed by atoms with Crippen molar-refractivity contribution in [1.82, 2.24) is 4.90 Å². The highest BCUT2D eigenvalue weighted by Gasteiger charge is 2.37. The van der Waals surface area contributed by atoms with E-state index in [9.17, 15) is 18.0 Å². The van der Waals surface area contributed by atoms with Gasteiger partial charge >= 0.3 is 6.18 Å². The number of nitrogens with zero attached hydrogens (tertiary/aromatic N) is 2. The van der Waals surface area contributed by atoms with Crippen molar-refractivity contribution in [1.29, 1.82) is 0 Å². The molecule has 1 heterocycles. The number of amides is 1. The zero-order valence-electron chi connectivity index (χ0n) is 11.7. The number of carbonyl (C=O) groups excluding carboxylic acids is 1. The van der Waals surface area contributed by atoms with E-state index in [1.54, 1.807) is 24.3 Å². The first-order chi connectivity index (χ1) is 10.4. The van der Waals surface area contributed by atoms with Gasteiger partial charge in [0.25, 0.3) is 5.91 Å². The quantitative estimate of drug-likeness (QED) is 0.785. The van der Waals surface area contributed by atoms with Crippen molar-refractivity contribution in [2.24, 2.45) is 5.16 Å². The predicted molar refractivity (Wildman–Crippen MR) is 75.3 cm³/mol. The molecule has 1 unspecified atom stereocenters. The second-order valence-corrected chi connectivity index (χ2v) is 4.82. The number of halogens is 3. The van der Waals surface area contributed by atoms with Crippen LogP contribution in [0.5, 0.6) is 0 Å². The topological polar surface area (TPSA) is 41.9 Å². The van der Waals surface area contributed by atoms with E-state index in [2.05, 4.69) is 11.7 Å². The largest absolute Gasteiger partial charge is 0.406 e. The third kappa shape index (κ3) is 4.09. The Morgan fingerprint density at radius 1 is 1.41 bits per heavy atom. The molecule has 0 fully saturated rings. The van der Waals surface area contributed by atoms with Gasteiger partial charge in [-0.15, -0.1) is 6.58 Å². The third-order valence-electron chi connectivity index (χ3n) is 3.08. The number of carbonyl (C=O) groups is 1. The molecule has 0 saturated carbocycles. The molecule has 4 nitrogen and oxygen atoms in total. The van der Waals surface area contributed by atoms with E-state index in [-0.39, 0.29) is 13.0 Å². The van der Waals surface area contributed by atoms with E-state index in [4.69, 9.17) is 4.84 Å². The molecule has 1 amide bonds. The molecule has 7 heteroatoms. The van der Waals surface area contributed by atoms with Gasteiger partial charge in [0.1, 0.15) is 6.54 Å². The molecule has 1 aliphatic rings. The lowest BCUT2D eigenvalue weighted by molar-refractivity contribution is -0.166. The summed E-state index contributed by atoms with van der Waals surface area (Å²) in [6, 6.07) is 9.04. The Morgan fingerprint density at radius 3 is 2.68 bits per heavy atom. The molecule has 0 aliphatic carbocycles. The van der Waals surface area contributed by atoms with Crippen molar-refractivity contribution in [3.8, 4) is 0 Å². The highest BCUT2D eigenvalue weighted by Crippen LogP contribution is 2.21. The zero-order chi connectivity index (χ0) is 16.2. The average Bonchev–Trinajstić information content (AvgIpc) is 2.95. The van der Waals surface area contributed by atoms with Crippen molar-refractivity contribution < 1.29 is 22.8 Å². The highest BCUT2D eigenvalue weighted by atomic mass is 19.4. The molecule has 22 heavy (non-hydrogen) atoms. The van der Waals surface area contributed by atoms with Gasteiger partial charge in [-0.2, -0.15) is 13.2 Å². The number of oxime groups is 1. The summed E-state index contributed by atoms with van der Waals surface area (Å²) in [6.45, 7) is 1.84. The van der Waals surface area contributed by atoms with Crippen LogP contribution in [0.25, 0.3) is 0 Å². The van der Waals surface area contributed by atoms with Crippen molar-refractivity contribution in [3.05, 3.63) is 48.6 Å². The lowest BCUT2D eigenvalue weighted by atomic mass is 10.0. The summed E-state index contributed by atoms with van der Waals surface area (Å²) in [4.78, 5) is 17.9. The van der Waals surface area contributed by atoms with Crippen LogP contribution < -0.4 is 0 Å². The summed E-state index contributed by atoms with van der Waals surface area (Å²) in [7, 11) is 0. The summed E-state index contributed by atoms with van der Waals surface area (Å²) < 4.78 is 37.6. The molecule has 1 atom stereocenters. The van der Waals surface area contributed by atoms with Crippen LogP contribution in [0.3, 0.4) is 0 Å². The van der Waals surface area contributed by atoms with E-state index in [1.807, 2.05) is 6.07 Å². The van der Waals surface area contributed by atoms with Gasteiger partial charge in [0.2, 0.25) is 6.10 Å². The standard InChI is InChI=1S/C15H15F3N2O2/c1-2-8-20(10-15(16,17)18)14(21)13-9-12(19-22-13)11-6-4-3-5-7-11/h2-7,13H,1,8-10H2. The van der Waals surface area contributed by atoms with Gasteiger partial charge in [0, 0.05) is 13.0 Å². The number of hydrogen-bond acceptors (Lipinski definition) is 3. The molecule has 0 saturated heterocycles. The smallest absolute Gasteiger partial charge is 0.382 e. The minimum Gasteiger partial charge on any atom is -0.382 e. The molecule has 118 valence electrons. The monoisotopic (exact) mass is 312 g/mol. The number of alkyl halides is 3. The Morgan fingerprint density at radius 2 is 2.09 bits per heavy atom. The van der Waals surface area contributed by atoms with Crippen LogP contribution in [0.15, 0.2) is 48.1 Å². The molecule has 0 bridgehead atoms. The molecule has 1 aliphatic heterocycles. The third-order valence-corrected chi connectivity index (χ3v) is 3.08. The first-order valence-corrected chi connectivity index (χ1v) is 6.65. The van der Waals surface area contributed by atoms with E-state index < -0.39 is 24.7 Å². The summed E-state index contributed by atoms with van der Waals surface area (Å²) >= 11 is 0. The van der Waals surface area contributed by atoms with Gasteiger partial charge < -0.3 is 9.74 Å². The van der Waals surface area contributed by atoms with E-state index in [1.165, 1.54) is 6.08 Å². The van der Waals surface area contributed by atoms with Crippen LogP contribution in [-0.2, 0) is 9.63 Å². The van der Waals surface area contributed by atoms with Crippen LogP contribution in [0.1, 0.15) is 12.0 Å². The van der Waals surface area contributed by atoms with Crippen molar-refractivity contribution in [2.45, 2.75) is 18.7 Å². The Labute approximate surface area is 125 Å². The minimum atomic E-state index is -4.47. The minimum absolute atomic E-state index is 0.147. The van der Waals surface area contributed by atoms with E-state index in [0.717, 1.165) is 5.56 Å². The van der Waals surface area contributed by atoms with Gasteiger partial charge in [-0.25, -0.2) is 0 Å². The van der Waals surface area contributed by atoms with Gasteiger partial charge in [0.15, 0.2) is 0 Å². The van der Waals surface area contributed by atoms with Crippen LogP contribution in [-0.4, -0.2) is 41.9 Å². The van der Waals surface area contributed by atoms with Crippen molar-refractivity contribution >= 4 is 11.6 Å². The van der Waals surface area contributed by atoms with Gasteiger partial charge in [-0.3, -0.25) is 4.79 Å². The molecular weight excluding hydrogens is 297 g/mol. The molecule has 0 radical (unpaired) electrons. The molecular formula is C15H15F3N2O2. The molecule has 1 aromatic carbocycles. The normalized spacial score (nSPS) is 17.6. The maximum absolute atomic E-state index is 12.5. The fourth-order valence-electron chi connectivity index (χ4n) is 2.12. The Bertz CT molecular complexity index is 570. The second-order valence-electron chi connectivity index (χ2n) is 4.82. The van der Waals surface area contributed by atoms with E-state index >= 15 is 0 Å². The number of hydrogen-bond donors (Lipinski definition) is 0. The van der Waals surface area contributed by atoms with Gasteiger partial charge in [-0.05, 0) is 5.56 Å². The summed E-state index contributed by atoms with van der Waals surface area (Å²) in [5.41, 5.74) is 1.33. The predicted octanol–water partition coefficient (Wildman–Crippen LogP) is 2.76. The number of rotatable bonds is 5. The van der Waals surface area contributed by atoms with Crippen LogP contribution in [0.4, 0.5) is 13.2 Å². The second kappa shape index (κ2) is 6.64. The summed E-state index contributed by atoms with van der Waals surface area (Å²) in [6.07, 6.45) is -4.11. The highest BCUT2D eigenvalue weighted by molar-refractivity contribution is 6.04. The van der Waals surface area contributed by atoms with Gasteiger partial charge in [0.05, 0.1) is 5.71 Å². The van der Waals surface area contributed by atoms with Gasteiger partial charge in [-0.1, -0.05) is 41.6 Å². The zero-order valence-corrected chi connectivity index (χ0v) is 11.7.